The van der Waals surface area contributed by atoms with Gasteiger partial charge < -0.3 is 9.84 Å². The van der Waals surface area contributed by atoms with Crippen molar-refractivity contribution in [2.45, 2.75) is 6.10 Å². The average molecular weight is 266 g/mol. The number of hydrogen-bond acceptors (Lipinski definition) is 4. The third-order valence-electron chi connectivity index (χ3n) is 3.25. The van der Waals surface area contributed by atoms with Gasteiger partial charge in [-0.15, -0.1) is 0 Å². The predicted molar refractivity (Wildman–Crippen MR) is 76.6 cm³/mol. The molecule has 100 valence electrons. The van der Waals surface area contributed by atoms with E-state index >= 15 is 0 Å². The lowest BCUT2D eigenvalue weighted by Crippen LogP contribution is -2.05. The van der Waals surface area contributed by atoms with Crippen molar-refractivity contribution in [1.29, 1.82) is 0 Å². The van der Waals surface area contributed by atoms with Crippen LogP contribution in [0.4, 0.5) is 0 Å². The van der Waals surface area contributed by atoms with E-state index in [9.17, 15) is 5.11 Å². The highest BCUT2D eigenvalue weighted by atomic mass is 16.5. The molecule has 0 radical (unpaired) electrons. The lowest BCUT2D eigenvalue weighted by atomic mass is 10.0. The Hall–Kier alpha value is -2.46. The molecule has 1 atom stereocenters. The number of aliphatic hydroxyl groups is 1. The van der Waals surface area contributed by atoms with E-state index in [-0.39, 0.29) is 0 Å². The van der Waals surface area contributed by atoms with Gasteiger partial charge in [-0.05, 0) is 29.8 Å². The molecule has 0 bridgehead atoms. The van der Waals surface area contributed by atoms with Crippen LogP contribution in [-0.4, -0.2) is 22.2 Å². The van der Waals surface area contributed by atoms with Crippen molar-refractivity contribution in [2.24, 2.45) is 0 Å². The van der Waals surface area contributed by atoms with Gasteiger partial charge >= 0.3 is 0 Å². The molecule has 0 aliphatic rings. The molecule has 4 heteroatoms. The van der Waals surface area contributed by atoms with Gasteiger partial charge in [-0.25, -0.2) is 0 Å². The van der Waals surface area contributed by atoms with Gasteiger partial charge in [-0.2, -0.15) is 0 Å². The van der Waals surface area contributed by atoms with E-state index in [2.05, 4.69) is 9.97 Å². The number of rotatable bonds is 3. The first-order valence-corrected chi connectivity index (χ1v) is 6.32. The number of ether oxygens (including phenoxy) is 1. The lowest BCUT2D eigenvalue weighted by Gasteiger charge is -2.15. The lowest BCUT2D eigenvalue weighted by molar-refractivity contribution is 0.211. The molecule has 3 rings (SSSR count). The number of methoxy groups -OCH3 is 1. The molecule has 1 aromatic carbocycles. The first kappa shape index (κ1) is 12.6. The Balaban J connectivity index is 2.15. The Morgan fingerprint density at radius 1 is 1.00 bits per heavy atom. The fourth-order valence-corrected chi connectivity index (χ4v) is 2.29. The van der Waals surface area contributed by atoms with E-state index in [1.54, 1.807) is 31.6 Å². The van der Waals surface area contributed by atoms with E-state index < -0.39 is 6.10 Å². The molecule has 0 spiro atoms. The quantitative estimate of drug-likeness (QED) is 0.792. The summed E-state index contributed by atoms with van der Waals surface area (Å²) in [7, 11) is 1.57. The van der Waals surface area contributed by atoms with Gasteiger partial charge in [0, 0.05) is 17.8 Å². The van der Waals surface area contributed by atoms with Gasteiger partial charge in [0.05, 0.1) is 12.6 Å². The fraction of sp³-hybridized carbons (Fsp3) is 0.125. The van der Waals surface area contributed by atoms with Crippen LogP contribution in [0.25, 0.3) is 10.9 Å². The van der Waals surface area contributed by atoms with Crippen molar-refractivity contribution in [3.8, 4) is 5.75 Å². The number of benzene rings is 1. The van der Waals surface area contributed by atoms with Gasteiger partial charge in [0.2, 0.25) is 0 Å². The topological polar surface area (TPSA) is 55.2 Å². The van der Waals surface area contributed by atoms with Crippen LogP contribution in [0.1, 0.15) is 17.4 Å². The van der Waals surface area contributed by atoms with Crippen LogP contribution >= 0.6 is 0 Å². The molecule has 2 aromatic heterocycles. The number of aromatic nitrogens is 2. The Bertz CT molecular complexity index is 738. The minimum atomic E-state index is -0.848. The number of nitrogens with zero attached hydrogens (tertiary/aromatic N) is 2. The van der Waals surface area contributed by atoms with Crippen LogP contribution in [0.5, 0.6) is 5.75 Å². The molecule has 1 unspecified atom stereocenters. The van der Waals surface area contributed by atoms with Gasteiger partial charge in [0.1, 0.15) is 17.5 Å². The average Bonchev–Trinajstić information content (AvgIpc) is 2.53. The molecule has 1 N–H and O–H groups in total. The maximum absolute atomic E-state index is 10.6. The van der Waals surface area contributed by atoms with Gasteiger partial charge in [0.15, 0.2) is 0 Å². The summed E-state index contributed by atoms with van der Waals surface area (Å²) in [5, 5.41) is 11.5. The Morgan fingerprint density at radius 2 is 1.80 bits per heavy atom. The smallest absolute Gasteiger partial charge is 0.143 e. The molecule has 0 fully saturated rings. The maximum Gasteiger partial charge on any atom is 0.143 e. The van der Waals surface area contributed by atoms with Crippen molar-refractivity contribution in [3.05, 3.63) is 66.1 Å². The fourth-order valence-electron chi connectivity index (χ4n) is 2.29. The first-order chi connectivity index (χ1) is 9.81. The van der Waals surface area contributed by atoms with E-state index in [4.69, 9.17) is 4.74 Å². The van der Waals surface area contributed by atoms with E-state index in [0.717, 1.165) is 16.5 Å². The molecule has 0 aliphatic carbocycles. The number of fused-ring (bicyclic) bond motifs is 1. The van der Waals surface area contributed by atoms with E-state index in [1.165, 1.54) is 0 Å². The molecule has 0 amide bonds. The van der Waals surface area contributed by atoms with Crippen molar-refractivity contribution in [3.63, 3.8) is 0 Å². The number of aliphatic hydroxyl groups excluding tert-OH is 1. The van der Waals surface area contributed by atoms with Crippen LogP contribution in [-0.2, 0) is 0 Å². The second-order valence-corrected chi connectivity index (χ2v) is 4.41. The van der Waals surface area contributed by atoms with Crippen LogP contribution in [0.15, 0.2) is 54.9 Å². The summed E-state index contributed by atoms with van der Waals surface area (Å²) >= 11 is 0. The summed E-state index contributed by atoms with van der Waals surface area (Å²) in [6.07, 6.45) is 2.53. The van der Waals surface area contributed by atoms with Crippen LogP contribution in [0.3, 0.4) is 0 Å². The largest absolute Gasteiger partial charge is 0.495 e. The third kappa shape index (κ3) is 2.10. The normalized spacial score (nSPS) is 12.3. The number of pyridine rings is 2. The zero-order valence-corrected chi connectivity index (χ0v) is 11.0. The summed E-state index contributed by atoms with van der Waals surface area (Å²) in [5.74, 6) is 0.570. The number of hydrogen-bond donors (Lipinski definition) is 1. The third-order valence-corrected chi connectivity index (χ3v) is 3.25. The summed E-state index contributed by atoms with van der Waals surface area (Å²) in [4.78, 5) is 8.53. The second kappa shape index (κ2) is 5.27. The molecule has 0 saturated heterocycles. The van der Waals surface area contributed by atoms with Crippen molar-refractivity contribution in [2.75, 3.05) is 7.11 Å². The summed E-state index contributed by atoms with van der Waals surface area (Å²) in [6, 6.07) is 13.0. The molecular formula is C16H14N2O2. The van der Waals surface area contributed by atoms with Crippen molar-refractivity contribution < 1.29 is 9.84 Å². The molecule has 20 heavy (non-hydrogen) atoms. The van der Waals surface area contributed by atoms with Crippen LogP contribution in [0.2, 0.25) is 0 Å². The molecule has 3 aromatic rings. The molecule has 4 nitrogen and oxygen atoms in total. The summed E-state index contributed by atoms with van der Waals surface area (Å²) in [5.41, 5.74) is 2.12. The van der Waals surface area contributed by atoms with Crippen LogP contribution < -0.4 is 4.74 Å². The first-order valence-electron chi connectivity index (χ1n) is 6.32. The minimum absolute atomic E-state index is 0.506. The predicted octanol–water partition coefficient (Wildman–Crippen LogP) is 2.72. The monoisotopic (exact) mass is 266 g/mol. The SMILES string of the molecule is COc1cccnc1C(O)c1cccc2ncccc12. The molecule has 0 saturated carbocycles. The van der Waals surface area contributed by atoms with Gasteiger partial charge in [0.25, 0.3) is 0 Å². The Labute approximate surface area is 116 Å². The highest BCUT2D eigenvalue weighted by Crippen LogP contribution is 2.31. The highest BCUT2D eigenvalue weighted by Gasteiger charge is 2.18. The molecule has 0 aliphatic heterocycles. The Kier molecular flexibility index (Phi) is 3.31. The van der Waals surface area contributed by atoms with E-state index in [1.807, 2.05) is 30.3 Å². The standard InChI is InChI=1S/C16H14N2O2/c1-20-14-8-4-10-18-15(14)16(19)12-5-2-7-13-11(12)6-3-9-17-13/h2-10,16,19H,1H3. The second-order valence-electron chi connectivity index (χ2n) is 4.41. The zero-order chi connectivity index (χ0) is 13.9. The molecule has 2 heterocycles. The van der Waals surface area contributed by atoms with Gasteiger partial charge in [-0.3, -0.25) is 9.97 Å². The van der Waals surface area contributed by atoms with Gasteiger partial charge in [-0.1, -0.05) is 18.2 Å². The van der Waals surface area contributed by atoms with E-state index in [0.29, 0.717) is 11.4 Å². The van der Waals surface area contributed by atoms with Crippen LogP contribution in [0, 0.1) is 0 Å². The minimum Gasteiger partial charge on any atom is -0.495 e. The maximum atomic E-state index is 10.6. The molecular weight excluding hydrogens is 252 g/mol. The van der Waals surface area contributed by atoms with Crippen molar-refractivity contribution in [1.82, 2.24) is 9.97 Å². The highest BCUT2D eigenvalue weighted by molar-refractivity contribution is 5.82. The zero-order valence-electron chi connectivity index (χ0n) is 11.0. The summed E-state index contributed by atoms with van der Waals surface area (Å²) < 4.78 is 5.26. The Morgan fingerprint density at radius 3 is 2.65 bits per heavy atom. The van der Waals surface area contributed by atoms with Crippen molar-refractivity contribution >= 4 is 10.9 Å². The summed E-state index contributed by atoms with van der Waals surface area (Å²) in [6.45, 7) is 0.